The van der Waals surface area contributed by atoms with Gasteiger partial charge in [-0.1, -0.05) is 18.2 Å². The molecule has 0 fully saturated rings. The van der Waals surface area contributed by atoms with Crippen molar-refractivity contribution >= 4 is 16.6 Å². The minimum absolute atomic E-state index is 0.557. The molecule has 0 aliphatic rings. The molecule has 2 rings (SSSR count). The molecule has 0 saturated heterocycles. The largest absolute Gasteiger partial charge is 0.381 e. The van der Waals surface area contributed by atoms with E-state index in [0.29, 0.717) is 25.3 Å². The fourth-order valence-corrected chi connectivity index (χ4v) is 2.01. The van der Waals surface area contributed by atoms with Crippen LogP contribution in [0, 0.1) is 11.3 Å². The molecule has 1 aromatic carbocycles. The van der Waals surface area contributed by atoms with Crippen molar-refractivity contribution < 1.29 is 4.74 Å². The predicted octanol–water partition coefficient (Wildman–Crippen LogP) is 2.10. The van der Waals surface area contributed by atoms with Crippen LogP contribution in [0.5, 0.6) is 0 Å². The van der Waals surface area contributed by atoms with Gasteiger partial charge in [0.15, 0.2) is 0 Å². The Balaban J connectivity index is 1.99. The number of nitriles is 1. The Morgan fingerprint density at radius 1 is 1.29 bits per heavy atom. The molecule has 5 heteroatoms. The van der Waals surface area contributed by atoms with Crippen LogP contribution < -0.4 is 5.32 Å². The summed E-state index contributed by atoms with van der Waals surface area (Å²) in [4.78, 5) is 6.37. The van der Waals surface area contributed by atoms with Gasteiger partial charge in [0.1, 0.15) is 6.07 Å². The Morgan fingerprint density at radius 2 is 2.10 bits per heavy atom. The molecule has 0 radical (unpaired) electrons. The van der Waals surface area contributed by atoms with Crippen molar-refractivity contribution in [3.8, 4) is 6.07 Å². The lowest BCUT2D eigenvalue weighted by atomic mass is 10.1. The zero-order valence-electron chi connectivity index (χ0n) is 12.5. The Bertz CT molecular complexity index is 634. The van der Waals surface area contributed by atoms with Crippen molar-refractivity contribution in [2.45, 2.75) is 0 Å². The second kappa shape index (κ2) is 7.58. The highest BCUT2D eigenvalue weighted by Crippen LogP contribution is 2.24. The highest BCUT2D eigenvalue weighted by Gasteiger charge is 2.07. The Labute approximate surface area is 125 Å². The summed E-state index contributed by atoms with van der Waals surface area (Å²) in [5, 5.41) is 13.5. The number of nitrogens with one attached hydrogen (secondary N) is 1. The number of pyridine rings is 1. The van der Waals surface area contributed by atoms with Gasteiger partial charge in [0, 0.05) is 24.7 Å². The van der Waals surface area contributed by atoms with Crippen molar-refractivity contribution in [3.63, 3.8) is 0 Å². The molecule has 5 nitrogen and oxygen atoms in total. The van der Waals surface area contributed by atoms with Gasteiger partial charge < -0.3 is 15.0 Å². The summed E-state index contributed by atoms with van der Waals surface area (Å²) in [5.41, 5.74) is 2.27. The molecule has 1 aromatic heterocycles. The van der Waals surface area contributed by atoms with E-state index in [1.54, 1.807) is 6.20 Å². The summed E-state index contributed by atoms with van der Waals surface area (Å²) < 4.78 is 5.55. The average Bonchev–Trinajstić information content (AvgIpc) is 2.50. The molecular weight excluding hydrogens is 264 g/mol. The SMILES string of the molecule is CN(C)CCOCCNc1c(C#N)cnc2ccccc12. The van der Waals surface area contributed by atoms with Crippen molar-refractivity contribution in [1.82, 2.24) is 9.88 Å². The van der Waals surface area contributed by atoms with E-state index in [2.05, 4.69) is 21.3 Å². The van der Waals surface area contributed by atoms with E-state index >= 15 is 0 Å². The minimum atomic E-state index is 0.557. The maximum Gasteiger partial charge on any atom is 0.103 e. The van der Waals surface area contributed by atoms with Gasteiger partial charge >= 0.3 is 0 Å². The highest BCUT2D eigenvalue weighted by atomic mass is 16.5. The first-order valence-electron chi connectivity index (χ1n) is 6.96. The topological polar surface area (TPSA) is 61.2 Å². The first-order valence-corrected chi connectivity index (χ1v) is 6.96. The number of likely N-dealkylation sites (N-methyl/N-ethyl adjacent to an activating group) is 1. The number of hydrogen-bond donors (Lipinski definition) is 1. The smallest absolute Gasteiger partial charge is 0.103 e. The normalized spacial score (nSPS) is 10.8. The van der Waals surface area contributed by atoms with E-state index in [9.17, 15) is 5.26 Å². The number of para-hydroxylation sites is 1. The zero-order valence-corrected chi connectivity index (χ0v) is 12.5. The Kier molecular flexibility index (Phi) is 5.50. The molecule has 1 N–H and O–H groups in total. The van der Waals surface area contributed by atoms with Gasteiger partial charge in [-0.2, -0.15) is 5.26 Å². The number of ether oxygens (including phenoxy) is 1. The molecule has 0 bridgehead atoms. The summed E-state index contributed by atoms with van der Waals surface area (Å²) >= 11 is 0. The lowest BCUT2D eigenvalue weighted by molar-refractivity contribution is 0.126. The predicted molar refractivity (Wildman–Crippen MR) is 84.3 cm³/mol. The second-order valence-corrected chi connectivity index (χ2v) is 5.02. The summed E-state index contributed by atoms with van der Waals surface area (Å²) in [7, 11) is 4.04. The number of rotatable bonds is 7. The van der Waals surface area contributed by atoms with E-state index in [4.69, 9.17) is 4.74 Å². The fraction of sp³-hybridized carbons (Fsp3) is 0.375. The molecule has 0 aliphatic carbocycles. The van der Waals surface area contributed by atoms with E-state index in [0.717, 1.165) is 23.1 Å². The molecule has 0 amide bonds. The fourth-order valence-electron chi connectivity index (χ4n) is 2.01. The lowest BCUT2D eigenvalue weighted by Crippen LogP contribution is -2.20. The third kappa shape index (κ3) is 4.15. The molecule has 21 heavy (non-hydrogen) atoms. The van der Waals surface area contributed by atoms with Gasteiger partial charge in [-0.25, -0.2) is 0 Å². The van der Waals surface area contributed by atoms with E-state index in [1.165, 1.54) is 0 Å². The first-order chi connectivity index (χ1) is 10.2. The van der Waals surface area contributed by atoms with Crippen molar-refractivity contribution in [2.24, 2.45) is 0 Å². The van der Waals surface area contributed by atoms with E-state index in [-0.39, 0.29) is 0 Å². The number of fused-ring (bicyclic) bond motifs is 1. The standard InChI is InChI=1S/C16H20N4O/c1-20(2)8-10-21-9-7-18-16-13(11-17)12-19-15-6-4-3-5-14(15)16/h3-6,12H,7-10H2,1-2H3,(H,18,19). The first kappa shape index (κ1) is 15.2. The monoisotopic (exact) mass is 284 g/mol. The molecule has 2 aromatic rings. The van der Waals surface area contributed by atoms with Crippen LogP contribution in [0.4, 0.5) is 5.69 Å². The zero-order chi connectivity index (χ0) is 15.1. The average molecular weight is 284 g/mol. The van der Waals surface area contributed by atoms with E-state index < -0.39 is 0 Å². The second-order valence-electron chi connectivity index (χ2n) is 5.02. The van der Waals surface area contributed by atoms with Crippen LogP contribution in [-0.4, -0.2) is 50.3 Å². The van der Waals surface area contributed by atoms with Crippen LogP contribution in [-0.2, 0) is 4.74 Å². The third-order valence-corrected chi connectivity index (χ3v) is 3.13. The van der Waals surface area contributed by atoms with Crippen LogP contribution in [0.25, 0.3) is 10.9 Å². The highest BCUT2D eigenvalue weighted by molar-refractivity contribution is 5.93. The van der Waals surface area contributed by atoms with Crippen LogP contribution in [0.2, 0.25) is 0 Å². The van der Waals surface area contributed by atoms with Crippen LogP contribution in [0.15, 0.2) is 30.5 Å². The number of anilines is 1. The Hall–Kier alpha value is -2.16. The number of nitrogens with zero attached hydrogens (tertiary/aromatic N) is 3. The summed E-state index contributed by atoms with van der Waals surface area (Å²) in [6.07, 6.45) is 1.61. The molecule has 0 saturated carbocycles. The number of hydrogen-bond acceptors (Lipinski definition) is 5. The van der Waals surface area contributed by atoms with Crippen LogP contribution in [0.1, 0.15) is 5.56 Å². The van der Waals surface area contributed by atoms with Gasteiger partial charge in [-0.05, 0) is 20.2 Å². The summed E-state index contributed by atoms with van der Waals surface area (Å²) in [6, 6.07) is 9.98. The molecular formula is C16H20N4O. The summed E-state index contributed by atoms with van der Waals surface area (Å²) in [5.74, 6) is 0. The van der Waals surface area contributed by atoms with Crippen molar-refractivity contribution in [1.29, 1.82) is 5.26 Å². The molecule has 0 atom stereocenters. The minimum Gasteiger partial charge on any atom is -0.381 e. The van der Waals surface area contributed by atoms with Gasteiger partial charge in [0.05, 0.1) is 30.0 Å². The number of aromatic nitrogens is 1. The van der Waals surface area contributed by atoms with Crippen LogP contribution in [0.3, 0.4) is 0 Å². The van der Waals surface area contributed by atoms with Crippen molar-refractivity contribution in [3.05, 3.63) is 36.0 Å². The van der Waals surface area contributed by atoms with Gasteiger partial charge in [-0.3, -0.25) is 4.98 Å². The van der Waals surface area contributed by atoms with E-state index in [1.807, 2.05) is 38.4 Å². The van der Waals surface area contributed by atoms with Gasteiger partial charge in [-0.15, -0.1) is 0 Å². The lowest BCUT2D eigenvalue weighted by Gasteiger charge is -2.12. The van der Waals surface area contributed by atoms with Crippen LogP contribution >= 0.6 is 0 Å². The van der Waals surface area contributed by atoms with Gasteiger partial charge in [0.25, 0.3) is 0 Å². The molecule has 0 aliphatic heterocycles. The third-order valence-electron chi connectivity index (χ3n) is 3.13. The maximum atomic E-state index is 9.21. The number of benzene rings is 1. The maximum absolute atomic E-state index is 9.21. The molecule has 0 spiro atoms. The quantitative estimate of drug-likeness (QED) is 0.789. The Morgan fingerprint density at radius 3 is 2.86 bits per heavy atom. The molecule has 0 unspecified atom stereocenters. The van der Waals surface area contributed by atoms with Crippen molar-refractivity contribution in [2.75, 3.05) is 45.7 Å². The molecule has 1 heterocycles. The van der Waals surface area contributed by atoms with Gasteiger partial charge in [0.2, 0.25) is 0 Å². The summed E-state index contributed by atoms with van der Waals surface area (Å²) in [6.45, 7) is 2.88. The molecule has 110 valence electrons.